The molecule has 3 N–H and O–H groups in total. The highest BCUT2D eigenvalue weighted by Crippen LogP contribution is 2.32. The highest BCUT2D eigenvalue weighted by atomic mass is 16.7. The molecule has 0 saturated heterocycles. The molecule has 2 aromatic rings. The van der Waals surface area contributed by atoms with Gasteiger partial charge in [-0.05, 0) is 25.0 Å². The zero-order valence-corrected chi connectivity index (χ0v) is 13.3. The van der Waals surface area contributed by atoms with Crippen molar-refractivity contribution in [3.63, 3.8) is 0 Å². The molecule has 1 aliphatic heterocycles. The maximum atomic E-state index is 12.2. The van der Waals surface area contributed by atoms with Crippen LogP contribution in [0.1, 0.15) is 37.5 Å². The second-order valence-corrected chi connectivity index (χ2v) is 5.69. The van der Waals surface area contributed by atoms with Crippen molar-refractivity contribution in [1.29, 1.82) is 0 Å². The van der Waals surface area contributed by atoms with E-state index in [-0.39, 0.29) is 17.7 Å². The predicted molar refractivity (Wildman–Crippen MR) is 89.5 cm³/mol. The number of nitrogens with one attached hydrogen (secondary N) is 3. The maximum Gasteiger partial charge on any atom is 0.224 e. The van der Waals surface area contributed by atoms with Gasteiger partial charge in [0.25, 0.3) is 0 Å². The zero-order valence-electron chi connectivity index (χ0n) is 13.3. The fourth-order valence-electron chi connectivity index (χ4n) is 2.84. The minimum absolute atomic E-state index is 0.141. The Morgan fingerprint density at radius 2 is 2.24 bits per heavy atom. The van der Waals surface area contributed by atoms with Crippen LogP contribution in [-0.2, 0) is 9.59 Å². The first-order valence-electron chi connectivity index (χ1n) is 7.90. The van der Waals surface area contributed by atoms with Gasteiger partial charge in [0.1, 0.15) is 5.82 Å². The lowest BCUT2D eigenvalue weighted by Crippen LogP contribution is -2.21. The second-order valence-electron chi connectivity index (χ2n) is 5.69. The Hall–Kier alpha value is -3.23. The van der Waals surface area contributed by atoms with E-state index in [0.717, 1.165) is 6.42 Å². The van der Waals surface area contributed by atoms with E-state index in [9.17, 15) is 14.5 Å². The van der Waals surface area contributed by atoms with E-state index in [4.69, 9.17) is 0 Å². The normalized spacial score (nSPS) is 17.3. The number of rotatable bonds is 4. The molecule has 9 heteroatoms. The predicted octanol–water partition coefficient (Wildman–Crippen LogP) is 2.44. The largest absolute Gasteiger partial charge is 0.349 e. The van der Waals surface area contributed by atoms with Gasteiger partial charge in [0.2, 0.25) is 12.3 Å². The highest BCUT2D eigenvalue weighted by Gasteiger charge is 2.18. The van der Waals surface area contributed by atoms with E-state index in [1.807, 2.05) is 0 Å². The van der Waals surface area contributed by atoms with E-state index in [1.165, 1.54) is 6.07 Å². The molecule has 9 nitrogen and oxygen atoms in total. The summed E-state index contributed by atoms with van der Waals surface area (Å²) in [6.45, 7) is 0. The van der Waals surface area contributed by atoms with E-state index in [0.29, 0.717) is 48.4 Å². The minimum Gasteiger partial charge on any atom is -0.349 e. The number of aromatic nitrogens is 2. The molecule has 1 aliphatic rings. The molecule has 1 aromatic carbocycles. The number of benzene rings is 1. The molecule has 3 rings (SSSR count). The summed E-state index contributed by atoms with van der Waals surface area (Å²) in [5.41, 5.74) is 1.85. The third-order valence-corrected chi connectivity index (χ3v) is 4.04. The van der Waals surface area contributed by atoms with Crippen LogP contribution < -0.4 is 15.5 Å². The van der Waals surface area contributed by atoms with Gasteiger partial charge in [-0.1, -0.05) is 6.42 Å². The Morgan fingerprint density at radius 1 is 1.36 bits per heavy atom. The standard InChI is InChI=1S/C16H17N5O4/c22-9-18-12-3-1-2-4-15(23)19-13-7-10(25-21-24)5-6-11(13)14-8-17-16(12)20-14/h5-9,12H,1-4H2,(H,17,20)(H,18,22)(H,19,23). The molecular weight excluding hydrogens is 326 g/mol. The van der Waals surface area contributed by atoms with Gasteiger partial charge in [-0.15, -0.1) is 4.91 Å². The number of imidazole rings is 1. The number of H-pyrrole nitrogens is 1. The summed E-state index contributed by atoms with van der Waals surface area (Å²) in [5, 5.41) is 7.98. The monoisotopic (exact) mass is 343 g/mol. The van der Waals surface area contributed by atoms with Gasteiger partial charge in [0.05, 0.1) is 23.6 Å². The van der Waals surface area contributed by atoms with Gasteiger partial charge in [0.15, 0.2) is 11.1 Å². The van der Waals surface area contributed by atoms with Crippen LogP contribution in [0.15, 0.2) is 29.7 Å². The number of nitrogens with zero attached hydrogens (tertiary/aromatic N) is 2. The number of carbonyl (C=O) groups excluding carboxylic acids is 2. The Bertz CT molecular complexity index is 789. The molecule has 0 spiro atoms. The Kier molecular flexibility index (Phi) is 5.03. The van der Waals surface area contributed by atoms with E-state index in [1.54, 1.807) is 18.3 Å². The lowest BCUT2D eigenvalue weighted by molar-refractivity contribution is -0.116. The molecule has 1 aromatic heterocycles. The van der Waals surface area contributed by atoms with Crippen LogP contribution in [-0.4, -0.2) is 22.3 Å². The SMILES string of the molecule is O=CNC1CCCCC(=O)Nc2cc(ON=O)ccc2-c2cnc1[nH]2. The van der Waals surface area contributed by atoms with E-state index >= 15 is 0 Å². The Labute approximate surface area is 143 Å². The van der Waals surface area contributed by atoms with E-state index in [2.05, 4.69) is 30.8 Å². The molecular formula is C16H17N5O4. The minimum atomic E-state index is -0.237. The van der Waals surface area contributed by atoms with Crippen molar-refractivity contribution in [2.24, 2.45) is 5.34 Å². The molecule has 2 heterocycles. The average molecular weight is 343 g/mol. The number of fused-ring (bicyclic) bond motifs is 4. The zero-order chi connectivity index (χ0) is 17.6. The molecule has 0 saturated carbocycles. The number of aromatic amines is 1. The number of hydrogen-bond donors (Lipinski definition) is 3. The van der Waals surface area contributed by atoms with Crippen LogP contribution in [0.25, 0.3) is 11.3 Å². The van der Waals surface area contributed by atoms with Crippen LogP contribution in [0.4, 0.5) is 5.69 Å². The topological polar surface area (TPSA) is 126 Å². The summed E-state index contributed by atoms with van der Waals surface area (Å²) in [4.78, 5) is 45.5. The molecule has 2 amide bonds. The molecule has 0 radical (unpaired) electrons. The molecule has 2 bridgehead atoms. The van der Waals surface area contributed by atoms with Crippen LogP contribution in [0, 0.1) is 4.91 Å². The summed E-state index contributed by atoms with van der Waals surface area (Å²) >= 11 is 0. The fraction of sp³-hybridized carbons (Fsp3) is 0.312. The third-order valence-electron chi connectivity index (χ3n) is 4.04. The average Bonchev–Trinajstić information content (AvgIpc) is 3.07. The van der Waals surface area contributed by atoms with Crippen molar-refractivity contribution in [2.45, 2.75) is 31.7 Å². The second kappa shape index (κ2) is 7.56. The lowest BCUT2D eigenvalue weighted by Gasteiger charge is -2.15. The lowest BCUT2D eigenvalue weighted by atomic mass is 10.1. The van der Waals surface area contributed by atoms with Crippen molar-refractivity contribution in [1.82, 2.24) is 15.3 Å². The molecule has 25 heavy (non-hydrogen) atoms. The van der Waals surface area contributed by atoms with Gasteiger partial charge < -0.3 is 20.5 Å². The van der Waals surface area contributed by atoms with Crippen molar-refractivity contribution in [2.75, 3.05) is 5.32 Å². The van der Waals surface area contributed by atoms with Crippen molar-refractivity contribution >= 4 is 18.0 Å². The fourth-order valence-corrected chi connectivity index (χ4v) is 2.84. The number of carbonyl (C=O) groups is 2. The number of hydrogen-bond acceptors (Lipinski definition) is 6. The van der Waals surface area contributed by atoms with Crippen LogP contribution in [0.5, 0.6) is 5.75 Å². The summed E-state index contributed by atoms with van der Waals surface area (Å²) in [7, 11) is 0. The smallest absolute Gasteiger partial charge is 0.224 e. The number of amides is 2. The van der Waals surface area contributed by atoms with Crippen molar-refractivity contribution in [3.05, 3.63) is 35.1 Å². The Morgan fingerprint density at radius 3 is 3.04 bits per heavy atom. The van der Waals surface area contributed by atoms with E-state index < -0.39 is 0 Å². The van der Waals surface area contributed by atoms with Gasteiger partial charge in [-0.2, -0.15) is 0 Å². The van der Waals surface area contributed by atoms with Crippen LogP contribution in [0.2, 0.25) is 0 Å². The Balaban J connectivity index is 2.03. The van der Waals surface area contributed by atoms with Crippen molar-refractivity contribution < 1.29 is 14.4 Å². The van der Waals surface area contributed by atoms with Crippen LogP contribution in [0.3, 0.4) is 0 Å². The molecule has 0 fully saturated rings. The first kappa shape index (κ1) is 16.6. The maximum absolute atomic E-state index is 12.2. The molecule has 1 atom stereocenters. The first-order valence-corrected chi connectivity index (χ1v) is 7.90. The third kappa shape index (κ3) is 3.82. The first-order chi connectivity index (χ1) is 12.2. The van der Waals surface area contributed by atoms with Gasteiger partial charge in [-0.3, -0.25) is 9.59 Å². The number of anilines is 1. The molecule has 1 unspecified atom stereocenters. The molecule has 130 valence electrons. The highest BCUT2D eigenvalue weighted by molar-refractivity contribution is 5.95. The summed E-state index contributed by atoms with van der Waals surface area (Å²) in [6, 6.07) is 4.56. The van der Waals surface area contributed by atoms with Crippen molar-refractivity contribution in [3.8, 4) is 17.0 Å². The van der Waals surface area contributed by atoms with Gasteiger partial charge >= 0.3 is 0 Å². The van der Waals surface area contributed by atoms with Crippen LogP contribution >= 0.6 is 0 Å². The summed E-state index contributed by atoms with van der Waals surface area (Å²) < 4.78 is 0. The summed E-state index contributed by atoms with van der Waals surface area (Å²) in [5.74, 6) is 0.730. The van der Waals surface area contributed by atoms with Gasteiger partial charge in [0, 0.05) is 18.1 Å². The van der Waals surface area contributed by atoms with Gasteiger partial charge in [-0.25, -0.2) is 4.98 Å². The molecule has 0 aliphatic carbocycles. The quantitative estimate of drug-likeness (QED) is 0.446. The summed E-state index contributed by atoms with van der Waals surface area (Å²) in [6.07, 6.45) is 4.76.